The molecule has 27 heavy (non-hydrogen) atoms. The third-order valence-electron chi connectivity index (χ3n) is 5.70. The molecule has 5 rings (SSSR count). The van der Waals surface area contributed by atoms with Gasteiger partial charge in [-0.3, -0.25) is 14.3 Å². The molecule has 1 aliphatic carbocycles. The Balaban J connectivity index is 1.56. The fourth-order valence-corrected chi connectivity index (χ4v) is 4.13. The van der Waals surface area contributed by atoms with Crippen LogP contribution in [0.1, 0.15) is 49.2 Å². The predicted molar refractivity (Wildman–Crippen MR) is 102 cm³/mol. The van der Waals surface area contributed by atoms with E-state index in [1.165, 1.54) is 12.8 Å². The minimum atomic E-state index is 0.0984. The zero-order valence-corrected chi connectivity index (χ0v) is 15.6. The van der Waals surface area contributed by atoms with Crippen LogP contribution < -0.4 is 5.56 Å². The highest BCUT2D eigenvalue weighted by molar-refractivity contribution is 5.77. The maximum absolute atomic E-state index is 13.2. The molecule has 140 valence electrons. The molecule has 1 saturated heterocycles. The van der Waals surface area contributed by atoms with Crippen LogP contribution in [0, 0.1) is 12.8 Å². The van der Waals surface area contributed by atoms with Crippen LogP contribution in [0.3, 0.4) is 0 Å². The molecule has 2 fully saturated rings. The Morgan fingerprint density at radius 2 is 2.07 bits per heavy atom. The normalized spacial score (nSPS) is 20.6. The van der Waals surface area contributed by atoms with E-state index in [1.807, 2.05) is 35.8 Å². The fraction of sp³-hybridized carbons (Fsp3) is 0.476. The summed E-state index contributed by atoms with van der Waals surface area (Å²) in [6, 6.07) is 7.83. The molecular weight excluding hydrogens is 340 g/mol. The summed E-state index contributed by atoms with van der Waals surface area (Å²) in [7, 11) is 0. The van der Waals surface area contributed by atoms with E-state index in [-0.39, 0.29) is 11.6 Å². The molecule has 1 atom stereocenters. The molecular formula is C21H24N4O2. The van der Waals surface area contributed by atoms with Crippen LogP contribution in [-0.2, 0) is 13.1 Å². The zero-order valence-electron chi connectivity index (χ0n) is 15.6. The number of aromatic nitrogens is 3. The number of hydrogen-bond donors (Lipinski definition) is 0. The maximum Gasteiger partial charge on any atom is 0.261 e. The summed E-state index contributed by atoms with van der Waals surface area (Å²) in [4.78, 5) is 24.9. The summed E-state index contributed by atoms with van der Waals surface area (Å²) in [5.41, 5.74) is 0.893. The topological polar surface area (TPSA) is 64.2 Å². The molecule has 1 saturated carbocycles. The molecule has 0 amide bonds. The summed E-state index contributed by atoms with van der Waals surface area (Å²) in [6.45, 7) is 4.33. The standard InChI is InChI=1S/C21H24N4O2/c1-14-11-22-19(27-14)13-24-10-4-7-18(24)20-23-17-6-3-2-5-16(17)21(26)25(20)12-15-8-9-15/h2-3,5-6,11,15,18H,4,7-10,12-13H2,1H3. The molecule has 2 aromatic heterocycles. The van der Waals surface area contributed by atoms with Crippen molar-refractivity contribution in [2.24, 2.45) is 5.92 Å². The molecule has 3 aromatic rings. The van der Waals surface area contributed by atoms with Crippen LogP contribution >= 0.6 is 0 Å². The molecule has 0 spiro atoms. The van der Waals surface area contributed by atoms with Gasteiger partial charge in [0.15, 0.2) is 0 Å². The van der Waals surface area contributed by atoms with Crippen LogP contribution in [0.2, 0.25) is 0 Å². The quantitative estimate of drug-likeness (QED) is 0.694. The lowest BCUT2D eigenvalue weighted by Crippen LogP contribution is -2.32. The lowest BCUT2D eigenvalue weighted by Gasteiger charge is -2.25. The molecule has 0 N–H and O–H groups in total. The van der Waals surface area contributed by atoms with E-state index in [4.69, 9.17) is 9.40 Å². The van der Waals surface area contributed by atoms with E-state index in [9.17, 15) is 4.79 Å². The lowest BCUT2D eigenvalue weighted by molar-refractivity contribution is 0.209. The molecule has 1 aliphatic heterocycles. The zero-order chi connectivity index (χ0) is 18.4. The molecule has 0 radical (unpaired) electrons. The van der Waals surface area contributed by atoms with Gasteiger partial charge in [0.05, 0.1) is 29.7 Å². The van der Waals surface area contributed by atoms with Gasteiger partial charge in [0.25, 0.3) is 5.56 Å². The molecule has 1 unspecified atom stereocenters. The van der Waals surface area contributed by atoms with Gasteiger partial charge in [-0.1, -0.05) is 12.1 Å². The van der Waals surface area contributed by atoms with Crippen LogP contribution in [0.5, 0.6) is 0 Å². The number of nitrogens with zero attached hydrogens (tertiary/aromatic N) is 4. The van der Waals surface area contributed by atoms with Gasteiger partial charge in [0.2, 0.25) is 5.89 Å². The molecule has 6 nitrogen and oxygen atoms in total. The van der Waals surface area contributed by atoms with E-state index < -0.39 is 0 Å². The van der Waals surface area contributed by atoms with Crippen molar-refractivity contribution < 1.29 is 4.42 Å². The number of rotatable bonds is 5. The largest absolute Gasteiger partial charge is 0.445 e. The minimum absolute atomic E-state index is 0.0984. The number of hydrogen-bond acceptors (Lipinski definition) is 5. The van der Waals surface area contributed by atoms with Crippen molar-refractivity contribution in [3.05, 3.63) is 58.3 Å². The van der Waals surface area contributed by atoms with Crippen molar-refractivity contribution in [3.8, 4) is 0 Å². The van der Waals surface area contributed by atoms with Crippen molar-refractivity contribution in [2.75, 3.05) is 6.54 Å². The van der Waals surface area contributed by atoms with Crippen molar-refractivity contribution in [1.82, 2.24) is 19.4 Å². The predicted octanol–water partition coefficient (Wildman–Crippen LogP) is 3.44. The number of para-hydroxylation sites is 1. The van der Waals surface area contributed by atoms with Crippen LogP contribution in [0.4, 0.5) is 0 Å². The van der Waals surface area contributed by atoms with E-state index in [2.05, 4.69) is 9.88 Å². The average molecular weight is 364 g/mol. The number of benzene rings is 1. The molecule has 2 aliphatic rings. The summed E-state index contributed by atoms with van der Waals surface area (Å²) in [5.74, 6) is 3.09. The Kier molecular flexibility index (Phi) is 4.08. The highest BCUT2D eigenvalue weighted by atomic mass is 16.4. The van der Waals surface area contributed by atoms with Gasteiger partial charge in [-0.2, -0.15) is 0 Å². The van der Waals surface area contributed by atoms with Crippen LogP contribution in [-0.4, -0.2) is 26.0 Å². The van der Waals surface area contributed by atoms with Gasteiger partial charge in [-0.25, -0.2) is 9.97 Å². The first kappa shape index (κ1) is 16.7. The first-order chi connectivity index (χ1) is 13.2. The Bertz CT molecular complexity index is 1030. The highest BCUT2D eigenvalue weighted by Crippen LogP contribution is 2.35. The summed E-state index contributed by atoms with van der Waals surface area (Å²) >= 11 is 0. The van der Waals surface area contributed by atoms with Crippen molar-refractivity contribution >= 4 is 10.9 Å². The monoisotopic (exact) mass is 364 g/mol. The summed E-state index contributed by atoms with van der Waals surface area (Å²) < 4.78 is 7.63. The second kappa shape index (κ2) is 6.60. The number of oxazole rings is 1. The van der Waals surface area contributed by atoms with Gasteiger partial charge in [0.1, 0.15) is 11.6 Å². The third-order valence-corrected chi connectivity index (χ3v) is 5.70. The third kappa shape index (κ3) is 3.18. The molecule has 3 heterocycles. The fourth-order valence-electron chi connectivity index (χ4n) is 4.13. The second-order valence-corrected chi connectivity index (χ2v) is 7.84. The number of likely N-dealkylation sites (tertiary alicyclic amines) is 1. The van der Waals surface area contributed by atoms with Crippen molar-refractivity contribution in [3.63, 3.8) is 0 Å². The summed E-state index contributed by atoms with van der Waals surface area (Å²) in [6.07, 6.45) is 6.29. The molecule has 1 aromatic carbocycles. The van der Waals surface area contributed by atoms with Gasteiger partial charge in [-0.05, 0) is 57.2 Å². The van der Waals surface area contributed by atoms with Gasteiger partial charge >= 0.3 is 0 Å². The second-order valence-electron chi connectivity index (χ2n) is 7.84. The maximum atomic E-state index is 13.2. The van der Waals surface area contributed by atoms with E-state index in [0.717, 1.165) is 54.3 Å². The molecule has 6 heteroatoms. The number of aryl methyl sites for hydroxylation is 1. The number of fused-ring (bicyclic) bond motifs is 1. The Labute approximate surface area is 157 Å². The van der Waals surface area contributed by atoms with Crippen LogP contribution in [0.25, 0.3) is 10.9 Å². The minimum Gasteiger partial charge on any atom is -0.445 e. The lowest BCUT2D eigenvalue weighted by atomic mass is 10.1. The Hall–Kier alpha value is -2.47. The first-order valence-corrected chi connectivity index (χ1v) is 9.84. The first-order valence-electron chi connectivity index (χ1n) is 9.84. The van der Waals surface area contributed by atoms with Gasteiger partial charge in [0, 0.05) is 6.54 Å². The van der Waals surface area contributed by atoms with Crippen molar-refractivity contribution in [1.29, 1.82) is 0 Å². The van der Waals surface area contributed by atoms with E-state index in [1.54, 1.807) is 6.20 Å². The smallest absolute Gasteiger partial charge is 0.261 e. The summed E-state index contributed by atoms with van der Waals surface area (Å²) in [5, 5.41) is 0.717. The van der Waals surface area contributed by atoms with Crippen LogP contribution in [0.15, 0.2) is 39.7 Å². The van der Waals surface area contributed by atoms with Gasteiger partial charge < -0.3 is 4.42 Å². The van der Waals surface area contributed by atoms with Crippen molar-refractivity contribution in [2.45, 2.75) is 51.7 Å². The average Bonchev–Trinajstić information content (AvgIpc) is 3.22. The highest BCUT2D eigenvalue weighted by Gasteiger charge is 2.33. The SMILES string of the molecule is Cc1cnc(CN2CCCC2c2nc3ccccc3c(=O)n2CC2CC2)o1. The van der Waals surface area contributed by atoms with Gasteiger partial charge in [-0.15, -0.1) is 0 Å². The van der Waals surface area contributed by atoms with E-state index in [0.29, 0.717) is 12.5 Å². The Morgan fingerprint density at radius 1 is 1.22 bits per heavy atom. The van der Waals surface area contributed by atoms with E-state index >= 15 is 0 Å². The Morgan fingerprint density at radius 3 is 2.85 bits per heavy atom. The molecule has 0 bridgehead atoms.